The van der Waals surface area contributed by atoms with Gasteiger partial charge in [0.15, 0.2) is 6.10 Å². The number of likely N-dealkylation sites (N-methyl/N-ethyl adjacent to an activating group) is 1. The zero-order chi connectivity index (χ0) is 42.1. The fourth-order valence-electron chi connectivity index (χ4n) is 5.31. The van der Waals surface area contributed by atoms with E-state index in [9.17, 15) is 19.5 Å². The van der Waals surface area contributed by atoms with E-state index in [2.05, 4.69) is 98.9 Å². The molecule has 9 nitrogen and oxygen atoms in total. The number of carbonyl (C=O) groups excluding carboxylic acids is 2. The van der Waals surface area contributed by atoms with Crippen LogP contribution in [0.15, 0.2) is 85.1 Å². The Morgan fingerprint density at radius 1 is 0.526 bits per heavy atom. The highest BCUT2D eigenvalue weighted by atomic mass is 16.7. The van der Waals surface area contributed by atoms with Crippen LogP contribution in [0.3, 0.4) is 0 Å². The first kappa shape index (κ1) is 53.5. The van der Waals surface area contributed by atoms with Crippen LogP contribution in [0.2, 0.25) is 0 Å². The van der Waals surface area contributed by atoms with Crippen molar-refractivity contribution in [1.82, 2.24) is 0 Å². The van der Waals surface area contributed by atoms with Gasteiger partial charge in [-0.2, -0.15) is 0 Å². The first-order valence-electron chi connectivity index (χ1n) is 21.8. The van der Waals surface area contributed by atoms with Gasteiger partial charge in [-0.1, -0.05) is 131 Å². The molecule has 0 aromatic rings. The quantitative estimate of drug-likeness (QED) is 0.0216. The standard InChI is InChI=1S/C48H79NO8/c1-6-8-10-12-14-16-18-20-22-23-25-27-29-31-33-35-37-39-46(51)57-44(43-56-48(47(52)53)54-41-40-49(3,4)5)42-55-45(50)38-36-34-32-30-28-26-24-21-19-17-15-13-11-9-7-2/h8-11,14-17,20-22,24-25,27,44,48H,6-7,12-13,18-19,23,26,28-43H2,1-5H3/p+1/b10-8-,11-9-,16-14-,17-15-,22-20-,24-21-,27-25-. The maximum Gasteiger partial charge on any atom is 0.361 e. The molecule has 324 valence electrons. The molecule has 57 heavy (non-hydrogen) atoms. The van der Waals surface area contributed by atoms with Gasteiger partial charge in [-0.15, -0.1) is 0 Å². The number of ether oxygens (including phenoxy) is 4. The Bertz CT molecular complexity index is 1210. The Labute approximate surface area is 347 Å². The summed E-state index contributed by atoms with van der Waals surface area (Å²) in [4.78, 5) is 37.1. The zero-order valence-electron chi connectivity index (χ0n) is 36.5. The molecule has 0 radical (unpaired) electrons. The molecule has 2 unspecified atom stereocenters. The largest absolute Gasteiger partial charge is 0.477 e. The number of rotatable bonds is 38. The highest BCUT2D eigenvalue weighted by molar-refractivity contribution is 5.71. The molecule has 2 atom stereocenters. The molecule has 0 aromatic heterocycles. The SMILES string of the molecule is CC/C=C\C/C=C\C/C=C\C/C=C\CCCCCCC(=O)OC(COC(=O)CCCCCCC/C=C\C/C=C\C/C=C\CC)COC(OCC[N+](C)(C)C)C(=O)O. The number of unbranched alkanes of at least 4 members (excludes halogenated alkanes) is 9. The van der Waals surface area contributed by atoms with Crippen molar-refractivity contribution in [3.05, 3.63) is 85.1 Å². The van der Waals surface area contributed by atoms with Crippen molar-refractivity contribution in [2.75, 3.05) is 47.5 Å². The third-order valence-corrected chi connectivity index (χ3v) is 8.65. The van der Waals surface area contributed by atoms with Gasteiger partial charge in [-0.3, -0.25) is 9.59 Å². The van der Waals surface area contributed by atoms with Gasteiger partial charge in [0.2, 0.25) is 0 Å². The van der Waals surface area contributed by atoms with Crippen LogP contribution in [-0.2, 0) is 33.3 Å². The van der Waals surface area contributed by atoms with Crippen LogP contribution in [0, 0.1) is 0 Å². The lowest BCUT2D eigenvalue weighted by atomic mass is 10.1. The molecule has 0 saturated carbocycles. The molecule has 9 heteroatoms. The van der Waals surface area contributed by atoms with E-state index in [4.69, 9.17) is 18.9 Å². The van der Waals surface area contributed by atoms with Gasteiger partial charge in [0, 0.05) is 12.8 Å². The van der Waals surface area contributed by atoms with Crippen molar-refractivity contribution >= 4 is 17.9 Å². The number of aliphatic carboxylic acids is 1. The minimum absolute atomic E-state index is 0.175. The fraction of sp³-hybridized carbons (Fsp3) is 0.646. The van der Waals surface area contributed by atoms with Crippen molar-refractivity contribution in [2.24, 2.45) is 0 Å². The summed E-state index contributed by atoms with van der Waals surface area (Å²) in [5.41, 5.74) is 0. The molecule has 0 aliphatic rings. The minimum atomic E-state index is -1.52. The van der Waals surface area contributed by atoms with Crippen LogP contribution in [0.4, 0.5) is 0 Å². The number of carbonyl (C=O) groups is 3. The first-order valence-corrected chi connectivity index (χ1v) is 21.8. The van der Waals surface area contributed by atoms with Crippen molar-refractivity contribution in [3.63, 3.8) is 0 Å². The molecule has 0 aromatic carbocycles. The fourth-order valence-corrected chi connectivity index (χ4v) is 5.31. The van der Waals surface area contributed by atoms with E-state index in [0.29, 0.717) is 17.4 Å². The Balaban J connectivity index is 4.56. The number of carboxylic acids is 1. The monoisotopic (exact) mass is 799 g/mol. The molecule has 1 N–H and O–H groups in total. The van der Waals surface area contributed by atoms with E-state index in [1.807, 2.05) is 21.1 Å². The van der Waals surface area contributed by atoms with Crippen molar-refractivity contribution in [3.8, 4) is 0 Å². The third kappa shape index (κ3) is 40.5. The lowest BCUT2D eigenvalue weighted by Gasteiger charge is -2.25. The summed E-state index contributed by atoms with van der Waals surface area (Å²) in [5, 5.41) is 9.63. The predicted octanol–water partition coefficient (Wildman–Crippen LogP) is 11.3. The highest BCUT2D eigenvalue weighted by Gasteiger charge is 2.25. The first-order chi connectivity index (χ1) is 27.6. The summed E-state index contributed by atoms with van der Waals surface area (Å²) in [6, 6.07) is 0. The van der Waals surface area contributed by atoms with Crippen LogP contribution >= 0.6 is 0 Å². The van der Waals surface area contributed by atoms with Gasteiger partial charge in [-0.05, 0) is 83.5 Å². The molecule has 0 heterocycles. The second kappa shape index (κ2) is 39.3. The Kier molecular flexibility index (Phi) is 36.9. The number of quaternary nitrogens is 1. The molecule has 0 aliphatic carbocycles. The molecule has 0 bridgehead atoms. The number of hydrogen-bond donors (Lipinski definition) is 1. The summed E-state index contributed by atoms with van der Waals surface area (Å²) >= 11 is 0. The molecule has 0 rings (SSSR count). The number of esters is 2. The van der Waals surface area contributed by atoms with E-state index in [0.717, 1.165) is 109 Å². The number of carboxylic acid groups (broad SMARTS) is 1. The number of allylic oxidation sites excluding steroid dienone is 14. The molecule has 0 saturated heterocycles. The van der Waals surface area contributed by atoms with Crippen LogP contribution < -0.4 is 0 Å². The smallest absolute Gasteiger partial charge is 0.361 e. The van der Waals surface area contributed by atoms with E-state index < -0.39 is 24.3 Å². The Morgan fingerprint density at radius 3 is 1.40 bits per heavy atom. The van der Waals surface area contributed by atoms with Gasteiger partial charge in [-0.25, -0.2) is 4.79 Å². The summed E-state index contributed by atoms with van der Waals surface area (Å²) in [5.74, 6) is -2.08. The van der Waals surface area contributed by atoms with Gasteiger partial charge < -0.3 is 28.5 Å². The molecular weight excluding hydrogens is 719 g/mol. The third-order valence-electron chi connectivity index (χ3n) is 8.65. The van der Waals surface area contributed by atoms with Crippen molar-refractivity contribution < 1.29 is 42.9 Å². The maximum atomic E-state index is 12.7. The average Bonchev–Trinajstić information content (AvgIpc) is 3.17. The van der Waals surface area contributed by atoms with Gasteiger partial charge >= 0.3 is 17.9 Å². The lowest BCUT2D eigenvalue weighted by molar-refractivity contribution is -0.870. The Morgan fingerprint density at radius 2 is 0.947 bits per heavy atom. The van der Waals surface area contributed by atoms with E-state index >= 15 is 0 Å². The second-order valence-electron chi connectivity index (χ2n) is 15.2. The van der Waals surface area contributed by atoms with Crippen LogP contribution in [0.25, 0.3) is 0 Å². The molecule has 0 spiro atoms. The van der Waals surface area contributed by atoms with Crippen LogP contribution in [-0.4, -0.2) is 87.4 Å². The van der Waals surface area contributed by atoms with Gasteiger partial charge in [0.25, 0.3) is 6.29 Å². The van der Waals surface area contributed by atoms with Crippen LogP contribution in [0.5, 0.6) is 0 Å². The Hall–Kier alpha value is -3.53. The van der Waals surface area contributed by atoms with Gasteiger partial charge in [0.1, 0.15) is 13.2 Å². The molecule has 0 fully saturated rings. The normalized spacial score (nSPS) is 13.8. The summed E-state index contributed by atoms with van der Waals surface area (Å²) in [6.07, 6.45) is 46.4. The molecule has 0 aliphatic heterocycles. The van der Waals surface area contributed by atoms with Gasteiger partial charge in [0.05, 0.1) is 34.4 Å². The molecular formula is C48H80NO8+. The topological polar surface area (TPSA) is 108 Å². The van der Waals surface area contributed by atoms with Crippen molar-refractivity contribution in [1.29, 1.82) is 0 Å². The predicted molar refractivity (Wildman–Crippen MR) is 235 cm³/mol. The number of hydrogen-bond acceptors (Lipinski definition) is 7. The molecule has 0 amide bonds. The second-order valence-corrected chi connectivity index (χ2v) is 15.2. The lowest BCUT2D eigenvalue weighted by Crippen LogP contribution is -2.40. The van der Waals surface area contributed by atoms with Crippen LogP contribution in [0.1, 0.15) is 142 Å². The zero-order valence-corrected chi connectivity index (χ0v) is 36.5. The summed E-state index contributed by atoms with van der Waals surface area (Å²) in [7, 11) is 5.93. The highest BCUT2D eigenvalue weighted by Crippen LogP contribution is 2.12. The van der Waals surface area contributed by atoms with E-state index in [1.54, 1.807) is 0 Å². The minimum Gasteiger partial charge on any atom is -0.477 e. The van der Waals surface area contributed by atoms with E-state index in [-0.39, 0.29) is 38.6 Å². The van der Waals surface area contributed by atoms with E-state index in [1.165, 1.54) is 0 Å². The van der Waals surface area contributed by atoms with Crippen molar-refractivity contribution in [2.45, 2.75) is 155 Å². The summed E-state index contributed by atoms with van der Waals surface area (Å²) < 4.78 is 22.7. The average molecular weight is 799 g/mol. The summed E-state index contributed by atoms with van der Waals surface area (Å²) in [6.45, 7) is 4.56. The maximum absolute atomic E-state index is 12.7. The number of nitrogens with zero attached hydrogens (tertiary/aromatic N) is 1.